The lowest BCUT2D eigenvalue weighted by Crippen LogP contribution is -2.29. The predicted molar refractivity (Wildman–Crippen MR) is 71.5 cm³/mol. The number of amides is 1. The minimum Gasteiger partial charge on any atom is -0.305 e. The van der Waals surface area contributed by atoms with Crippen LogP contribution in [0.2, 0.25) is 0 Å². The lowest BCUT2D eigenvalue weighted by molar-refractivity contribution is -0.114. The number of carbonyl (C=O) groups is 1. The molecule has 0 unspecified atom stereocenters. The zero-order valence-electron chi connectivity index (χ0n) is 9.19. The first-order valence-electron chi connectivity index (χ1n) is 4.99. The molecule has 1 amide bonds. The largest absolute Gasteiger partial charge is 0.305 e. The number of hydrogen-bond donors (Lipinski definition) is 0. The van der Waals surface area contributed by atoms with Gasteiger partial charge in [-0.2, -0.15) is 0 Å². The van der Waals surface area contributed by atoms with Crippen LogP contribution >= 0.6 is 15.9 Å². The molecule has 0 aliphatic heterocycles. The average molecular weight is 280 g/mol. The summed E-state index contributed by atoms with van der Waals surface area (Å²) >= 11 is 3.36. The first-order valence-corrected chi connectivity index (χ1v) is 5.79. The highest BCUT2D eigenvalue weighted by Gasteiger charge is 2.10. The summed E-state index contributed by atoms with van der Waals surface area (Å²) in [6, 6.07) is 7.62. The molecule has 3 heteroatoms. The van der Waals surface area contributed by atoms with Crippen LogP contribution in [0.5, 0.6) is 0 Å². The summed E-state index contributed by atoms with van der Waals surface area (Å²) in [6.07, 6.45) is 4.99. The van der Waals surface area contributed by atoms with Crippen molar-refractivity contribution in [2.75, 3.05) is 11.4 Å². The van der Waals surface area contributed by atoms with Gasteiger partial charge >= 0.3 is 0 Å². The number of nitrogens with zero attached hydrogens (tertiary/aromatic N) is 1. The number of rotatable bonds is 4. The summed E-state index contributed by atoms with van der Waals surface area (Å²) in [6.45, 7) is 5.99. The molecule has 0 radical (unpaired) electrons. The molecule has 0 atom stereocenters. The van der Waals surface area contributed by atoms with E-state index in [4.69, 9.17) is 0 Å². The Hall–Kier alpha value is -1.35. The van der Waals surface area contributed by atoms with Crippen molar-refractivity contribution in [2.24, 2.45) is 0 Å². The Morgan fingerprint density at radius 2 is 2.06 bits per heavy atom. The maximum absolute atomic E-state index is 11.8. The minimum absolute atomic E-state index is 0.0373. The number of carbonyl (C=O) groups excluding carboxylic acids is 1. The van der Waals surface area contributed by atoms with Crippen LogP contribution in [0.3, 0.4) is 0 Å². The first-order chi connectivity index (χ1) is 7.69. The summed E-state index contributed by atoms with van der Waals surface area (Å²) in [5.74, 6) is -0.0373. The smallest absolute Gasteiger partial charge is 0.250 e. The highest BCUT2D eigenvalue weighted by molar-refractivity contribution is 9.10. The van der Waals surface area contributed by atoms with Crippen molar-refractivity contribution < 1.29 is 4.79 Å². The normalized spacial score (nSPS) is 10.4. The number of benzene rings is 1. The van der Waals surface area contributed by atoms with E-state index in [1.54, 1.807) is 23.1 Å². The van der Waals surface area contributed by atoms with Crippen molar-refractivity contribution in [3.8, 4) is 0 Å². The molecule has 0 aliphatic rings. The van der Waals surface area contributed by atoms with Gasteiger partial charge in [0.1, 0.15) is 0 Å². The molecule has 0 saturated heterocycles. The van der Waals surface area contributed by atoms with E-state index in [1.807, 2.05) is 31.2 Å². The van der Waals surface area contributed by atoms with E-state index < -0.39 is 0 Å². The van der Waals surface area contributed by atoms with Crippen LogP contribution < -0.4 is 4.90 Å². The molecule has 2 nitrogen and oxygen atoms in total. The fourth-order valence-electron chi connectivity index (χ4n) is 1.31. The zero-order valence-corrected chi connectivity index (χ0v) is 10.8. The zero-order chi connectivity index (χ0) is 12.0. The molecule has 1 aromatic rings. The van der Waals surface area contributed by atoms with Crippen LogP contribution in [-0.4, -0.2) is 12.5 Å². The van der Waals surface area contributed by atoms with E-state index in [-0.39, 0.29) is 5.91 Å². The van der Waals surface area contributed by atoms with Gasteiger partial charge in [-0.05, 0) is 37.3 Å². The van der Waals surface area contributed by atoms with Crippen molar-refractivity contribution in [1.82, 2.24) is 0 Å². The van der Waals surface area contributed by atoms with Gasteiger partial charge in [-0.15, -0.1) is 6.58 Å². The number of allylic oxidation sites excluding steroid dienone is 1. The Bertz CT molecular complexity index is 395. The number of halogens is 1. The topological polar surface area (TPSA) is 20.3 Å². The molecule has 0 heterocycles. The third-order valence-corrected chi connectivity index (χ3v) is 2.55. The Morgan fingerprint density at radius 3 is 2.56 bits per heavy atom. The SMILES string of the molecule is C=CCN(C(=O)/C=C/C)c1ccc(Br)cc1. The molecule has 1 rings (SSSR count). The van der Waals surface area contributed by atoms with Crippen LogP contribution in [0, 0.1) is 0 Å². The lowest BCUT2D eigenvalue weighted by atomic mass is 10.2. The van der Waals surface area contributed by atoms with E-state index in [9.17, 15) is 4.79 Å². The summed E-state index contributed by atoms with van der Waals surface area (Å²) in [7, 11) is 0. The second-order valence-corrected chi connectivity index (χ2v) is 4.13. The molecule has 0 N–H and O–H groups in total. The molecule has 1 aromatic carbocycles. The Balaban J connectivity index is 2.97. The van der Waals surface area contributed by atoms with E-state index in [0.717, 1.165) is 10.2 Å². The molecule has 84 valence electrons. The molecule has 0 spiro atoms. The quantitative estimate of drug-likeness (QED) is 0.610. The van der Waals surface area contributed by atoms with E-state index >= 15 is 0 Å². The van der Waals surface area contributed by atoms with Crippen LogP contribution in [0.15, 0.2) is 53.5 Å². The van der Waals surface area contributed by atoms with Gasteiger partial charge in [0.15, 0.2) is 0 Å². The minimum atomic E-state index is -0.0373. The van der Waals surface area contributed by atoms with E-state index in [1.165, 1.54) is 0 Å². The summed E-state index contributed by atoms with van der Waals surface area (Å²) in [5.41, 5.74) is 0.867. The summed E-state index contributed by atoms with van der Waals surface area (Å²) in [4.78, 5) is 13.5. The van der Waals surface area contributed by atoms with E-state index in [2.05, 4.69) is 22.5 Å². The Kier molecular flexibility index (Phi) is 4.99. The third kappa shape index (κ3) is 3.35. The maximum atomic E-state index is 11.8. The molecule has 0 saturated carbocycles. The second kappa shape index (κ2) is 6.28. The van der Waals surface area contributed by atoms with Crippen LogP contribution in [0.1, 0.15) is 6.92 Å². The van der Waals surface area contributed by atoms with Crippen molar-refractivity contribution in [2.45, 2.75) is 6.92 Å². The monoisotopic (exact) mass is 279 g/mol. The van der Waals surface area contributed by atoms with Gasteiger partial charge in [-0.25, -0.2) is 0 Å². The first kappa shape index (κ1) is 12.7. The highest BCUT2D eigenvalue weighted by atomic mass is 79.9. The molecular formula is C13H14BrNO. The number of anilines is 1. The van der Waals surface area contributed by atoms with Gasteiger partial charge < -0.3 is 4.90 Å². The summed E-state index contributed by atoms with van der Waals surface area (Å²) in [5, 5.41) is 0. The molecule has 16 heavy (non-hydrogen) atoms. The van der Waals surface area contributed by atoms with Crippen LogP contribution in [-0.2, 0) is 4.79 Å². The van der Waals surface area contributed by atoms with Gasteiger partial charge in [0, 0.05) is 16.7 Å². The van der Waals surface area contributed by atoms with Gasteiger partial charge in [0.2, 0.25) is 0 Å². The second-order valence-electron chi connectivity index (χ2n) is 3.21. The van der Waals surface area contributed by atoms with Gasteiger partial charge in [0.05, 0.1) is 0 Å². The fourth-order valence-corrected chi connectivity index (χ4v) is 1.57. The van der Waals surface area contributed by atoms with Gasteiger partial charge in [-0.3, -0.25) is 4.79 Å². The van der Waals surface area contributed by atoms with Crippen molar-refractivity contribution in [3.63, 3.8) is 0 Å². The standard InChI is InChI=1S/C13H14BrNO/c1-3-5-13(16)15(10-4-2)12-8-6-11(14)7-9-12/h3-9H,2,10H2,1H3/b5-3+. The van der Waals surface area contributed by atoms with Crippen LogP contribution in [0.4, 0.5) is 5.69 Å². The van der Waals surface area contributed by atoms with Gasteiger partial charge in [-0.1, -0.05) is 28.1 Å². The lowest BCUT2D eigenvalue weighted by Gasteiger charge is -2.19. The molecule has 0 aromatic heterocycles. The molecule has 0 aliphatic carbocycles. The number of hydrogen-bond acceptors (Lipinski definition) is 1. The molecular weight excluding hydrogens is 266 g/mol. The molecule has 0 fully saturated rings. The Labute approximate surface area is 104 Å². The van der Waals surface area contributed by atoms with E-state index in [0.29, 0.717) is 6.54 Å². The maximum Gasteiger partial charge on any atom is 0.250 e. The van der Waals surface area contributed by atoms with Crippen molar-refractivity contribution in [1.29, 1.82) is 0 Å². The molecule has 0 bridgehead atoms. The van der Waals surface area contributed by atoms with Crippen LogP contribution in [0.25, 0.3) is 0 Å². The highest BCUT2D eigenvalue weighted by Crippen LogP contribution is 2.18. The predicted octanol–water partition coefficient (Wildman–Crippen LogP) is 3.54. The fraction of sp³-hybridized carbons (Fsp3) is 0.154. The van der Waals surface area contributed by atoms with Crippen molar-refractivity contribution in [3.05, 3.63) is 53.5 Å². The van der Waals surface area contributed by atoms with Crippen molar-refractivity contribution >= 4 is 27.5 Å². The Morgan fingerprint density at radius 1 is 1.44 bits per heavy atom. The van der Waals surface area contributed by atoms with Gasteiger partial charge in [0.25, 0.3) is 5.91 Å². The third-order valence-electron chi connectivity index (χ3n) is 2.03. The summed E-state index contributed by atoms with van der Waals surface area (Å²) < 4.78 is 0.994. The average Bonchev–Trinajstić information content (AvgIpc) is 2.28.